The molecular weight excluding hydrogens is 426 g/mol. The Hall–Kier alpha value is -2.27. The van der Waals surface area contributed by atoms with E-state index in [0.29, 0.717) is 5.56 Å². The van der Waals surface area contributed by atoms with E-state index in [-0.39, 0.29) is 34.0 Å². The van der Waals surface area contributed by atoms with E-state index in [4.69, 9.17) is 0 Å². The molecule has 0 radical (unpaired) electrons. The molecule has 0 saturated carbocycles. The summed E-state index contributed by atoms with van der Waals surface area (Å²) >= 11 is 0. The highest BCUT2D eigenvalue weighted by Crippen LogP contribution is 2.14. The van der Waals surface area contributed by atoms with Crippen molar-refractivity contribution in [2.75, 3.05) is 0 Å². The van der Waals surface area contributed by atoms with Crippen LogP contribution >= 0.6 is 0 Å². The van der Waals surface area contributed by atoms with Gasteiger partial charge in [-0.25, -0.2) is 26.3 Å². The third-order valence-corrected chi connectivity index (χ3v) is 7.16. The Morgan fingerprint density at radius 1 is 0.800 bits per heavy atom. The quantitative estimate of drug-likeness (QED) is 0.536. The van der Waals surface area contributed by atoms with Crippen molar-refractivity contribution in [2.24, 2.45) is 0 Å². The second kappa shape index (κ2) is 9.69. The lowest BCUT2D eigenvalue weighted by Crippen LogP contribution is -2.30. The summed E-state index contributed by atoms with van der Waals surface area (Å²) in [5.74, 6) is -0.467. The molecule has 2 aromatic carbocycles. The molecule has 8 nitrogen and oxygen atoms in total. The first-order chi connectivity index (χ1) is 13.9. The van der Waals surface area contributed by atoms with Crippen LogP contribution in [0, 0.1) is 0 Å². The van der Waals surface area contributed by atoms with Crippen LogP contribution in [0.25, 0.3) is 0 Å². The molecule has 1 amide bonds. The van der Waals surface area contributed by atoms with Gasteiger partial charge in [-0.2, -0.15) is 0 Å². The maximum absolute atomic E-state index is 12.5. The van der Waals surface area contributed by atoms with Gasteiger partial charge in [0.1, 0.15) is 0 Å². The zero-order chi connectivity index (χ0) is 22.5. The normalized spacial score (nSPS) is 12.3. The molecule has 0 unspecified atom stereocenters. The molecule has 30 heavy (non-hydrogen) atoms. The first kappa shape index (κ1) is 24.0. The zero-order valence-corrected chi connectivity index (χ0v) is 19.0. The van der Waals surface area contributed by atoms with Crippen LogP contribution in [0.4, 0.5) is 0 Å². The maximum Gasteiger partial charge on any atom is 0.251 e. The zero-order valence-electron chi connectivity index (χ0n) is 17.3. The number of carbonyl (C=O) groups is 1. The molecule has 0 bridgehead atoms. The topological polar surface area (TPSA) is 121 Å². The van der Waals surface area contributed by atoms with E-state index in [9.17, 15) is 21.6 Å². The minimum atomic E-state index is -3.72. The Labute approximate surface area is 178 Å². The summed E-state index contributed by atoms with van der Waals surface area (Å²) in [6.45, 7) is 6.96. The van der Waals surface area contributed by atoms with Gasteiger partial charge in [-0.3, -0.25) is 4.79 Å². The fourth-order valence-corrected chi connectivity index (χ4v) is 5.29. The Kier molecular flexibility index (Phi) is 7.75. The minimum absolute atomic E-state index is 0.00306. The molecule has 164 valence electrons. The largest absolute Gasteiger partial charge is 0.348 e. The number of rotatable bonds is 9. The van der Waals surface area contributed by atoms with E-state index in [1.165, 1.54) is 36.4 Å². The fraction of sp³-hybridized carbons (Fsp3) is 0.350. The standard InChI is InChI=1S/C20H27N3O5S2/c1-14(2)22-29(25,26)18-9-5-7-16(11-18)13-21-20(24)17-8-6-10-19(12-17)30(27,28)23-15(3)4/h5-12,14-15,22-23H,13H2,1-4H3,(H,21,24). The van der Waals surface area contributed by atoms with E-state index < -0.39 is 26.0 Å². The van der Waals surface area contributed by atoms with Crippen molar-refractivity contribution in [1.29, 1.82) is 0 Å². The SMILES string of the molecule is CC(C)NS(=O)(=O)c1cccc(CNC(=O)c2cccc(S(=O)(=O)NC(C)C)c2)c1. The smallest absolute Gasteiger partial charge is 0.251 e. The minimum Gasteiger partial charge on any atom is -0.348 e. The van der Waals surface area contributed by atoms with Gasteiger partial charge in [0.25, 0.3) is 5.91 Å². The van der Waals surface area contributed by atoms with Crippen LogP contribution in [-0.2, 0) is 26.6 Å². The molecule has 3 N–H and O–H groups in total. The van der Waals surface area contributed by atoms with E-state index >= 15 is 0 Å². The van der Waals surface area contributed by atoms with E-state index in [1.807, 2.05) is 0 Å². The van der Waals surface area contributed by atoms with Crippen LogP contribution < -0.4 is 14.8 Å². The van der Waals surface area contributed by atoms with E-state index in [1.54, 1.807) is 39.8 Å². The number of amides is 1. The number of nitrogens with one attached hydrogen (secondary N) is 3. The van der Waals surface area contributed by atoms with Gasteiger partial charge in [0.05, 0.1) is 9.79 Å². The summed E-state index contributed by atoms with van der Waals surface area (Å²) in [5, 5.41) is 2.68. The van der Waals surface area contributed by atoms with Crippen LogP contribution in [0.15, 0.2) is 58.3 Å². The molecule has 0 aliphatic rings. The van der Waals surface area contributed by atoms with Gasteiger partial charge in [0, 0.05) is 24.2 Å². The molecule has 2 aromatic rings. The molecule has 0 atom stereocenters. The third-order valence-electron chi connectivity index (χ3n) is 3.85. The summed E-state index contributed by atoms with van der Waals surface area (Å²) in [6.07, 6.45) is 0. The van der Waals surface area contributed by atoms with Crippen molar-refractivity contribution in [3.05, 3.63) is 59.7 Å². The Morgan fingerprint density at radius 2 is 1.30 bits per heavy atom. The van der Waals surface area contributed by atoms with Crippen molar-refractivity contribution in [3.63, 3.8) is 0 Å². The Bertz CT molecular complexity index is 1110. The fourth-order valence-electron chi connectivity index (χ4n) is 2.67. The Balaban J connectivity index is 2.14. The summed E-state index contributed by atoms with van der Waals surface area (Å²) < 4.78 is 54.2. The lowest BCUT2D eigenvalue weighted by molar-refractivity contribution is 0.0950. The molecule has 2 rings (SSSR count). The van der Waals surface area contributed by atoms with Gasteiger partial charge in [-0.05, 0) is 63.6 Å². The molecule has 0 aliphatic carbocycles. The summed E-state index contributed by atoms with van der Waals surface area (Å²) in [4.78, 5) is 12.6. The van der Waals surface area contributed by atoms with Crippen LogP contribution in [0.1, 0.15) is 43.6 Å². The maximum atomic E-state index is 12.5. The number of sulfonamides is 2. The van der Waals surface area contributed by atoms with Crippen LogP contribution in [0.3, 0.4) is 0 Å². The number of benzene rings is 2. The first-order valence-electron chi connectivity index (χ1n) is 9.42. The molecule has 0 aliphatic heterocycles. The predicted molar refractivity (Wildman–Crippen MR) is 115 cm³/mol. The van der Waals surface area contributed by atoms with Gasteiger partial charge in [-0.15, -0.1) is 0 Å². The average molecular weight is 454 g/mol. The predicted octanol–water partition coefficient (Wildman–Crippen LogP) is 1.99. The third kappa shape index (κ3) is 6.63. The molecule has 0 fully saturated rings. The molecule has 0 spiro atoms. The molecule has 0 heterocycles. The highest BCUT2D eigenvalue weighted by molar-refractivity contribution is 7.89. The lowest BCUT2D eigenvalue weighted by Gasteiger charge is -2.12. The number of carbonyl (C=O) groups excluding carboxylic acids is 1. The van der Waals surface area contributed by atoms with Crippen molar-refractivity contribution in [1.82, 2.24) is 14.8 Å². The average Bonchev–Trinajstić information content (AvgIpc) is 2.64. The van der Waals surface area contributed by atoms with Crippen LogP contribution in [-0.4, -0.2) is 34.8 Å². The lowest BCUT2D eigenvalue weighted by atomic mass is 10.2. The second-order valence-corrected chi connectivity index (χ2v) is 10.8. The van der Waals surface area contributed by atoms with E-state index in [0.717, 1.165) is 0 Å². The van der Waals surface area contributed by atoms with Gasteiger partial charge in [0.2, 0.25) is 20.0 Å². The van der Waals surface area contributed by atoms with Crippen molar-refractivity contribution < 1.29 is 21.6 Å². The highest BCUT2D eigenvalue weighted by Gasteiger charge is 2.18. The Morgan fingerprint density at radius 3 is 1.83 bits per heavy atom. The van der Waals surface area contributed by atoms with Crippen LogP contribution in [0.2, 0.25) is 0 Å². The van der Waals surface area contributed by atoms with Crippen molar-refractivity contribution in [3.8, 4) is 0 Å². The number of hydrogen-bond donors (Lipinski definition) is 3. The van der Waals surface area contributed by atoms with Crippen molar-refractivity contribution >= 4 is 26.0 Å². The van der Waals surface area contributed by atoms with Gasteiger partial charge >= 0.3 is 0 Å². The summed E-state index contributed by atoms with van der Waals surface area (Å²) in [5.41, 5.74) is 0.784. The van der Waals surface area contributed by atoms with Gasteiger partial charge in [-0.1, -0.05) is 18.2 Å². The first-order valence-corrected chi connectivity index (χ1v) is 12.4. The molecule has 10 heteroatoms. The molecular formula is C20H27N3O5S2. The highest BCUT2D eigenvalue weighted by atomic mass is 32.2. The van der Waals surface area contributed by atoms with Gasteiger partial charge < -0.3 is 5.32 Å². The van der Waals surface area contributed by atoms with Crippen LogP contribution in [0.5, 0.6) is 0 Å². The number of hydrogen-bond acceptors (Lipinski definition) is 5. The summed E-state index contributed by atoms with van der Waals surface area (Å²) in [7, 11) is -7.36. The van der Waals surface area contributed by atoms with Crippen molar-refractivity contribution in [2.45, 2.75) is 56.1 Å². The second-order valence-electron chi connectivity index (χ2n) is 7.41. The van der Waals surface area contributed by atoms with Gasteiger partial charge in [0.15, 0.2) is 0 Å². The summed E-state index contributed by atoms with van der Waals surface area (Å²) in [6, 6.07) is 11.5. The van der Waals surface area contributed by atoms with E-state index in [2.05, 4.69) is 14.8 Å². The monoisotopic (exact) mass is 453 g/mol. The molecule has 0 aromatic heterocycles. The molecule has 0 saturated heterocycles.